The lowest BCUT2D eigenvalue weighted by atomic mass is 10.0. The number of carbonyl (C=O) groups is 2. The second-order valence-electron chi connectivity index (χ2n) is 3.15. The number of hydrogen-bond acceptors (Lipinski definition) is 3. The fourth-order valence-corrected chi connectivity index (χ4v) is 1.02. The Morgan fingerprint density at radius 1 is 1.60 bits per heavy atom. The van der Waals surface area contributed by atoms with Crippen molar-refractivity contribution in [1.29, 1.82) is 5.26 Å². The Balaban J connectivity index is 4.22. The van der Waals surface area contributed by atoms with Gasteiger partial charge in [0.2, 0.25) is 5.91 Å². The predicted octanol–water partition coefficient (Wildman–Crippen LogP) is 1.19. The van der Waals surface area contributed by atoms with E-state index >= 15 is 0 Å². The first kappa shape index (κ1) is 13.4. The maximum Gasteiger partial charge on any atom is 0.244 e. The number of amides is 1. The largest absolute Gasteiger partial charge is 0.355 e. The molecule has 1 N–H and O–H groups in total. The van der Waals surface area contributed by atoms with Gasteiger partial charge in [-0.05, 0) is 12.8 Å². The number of Topliss-reactive ketones (excluding diaryl/α,β-unsaturated/α-hetero) is 1. The van der Waals surface area contributed by atoms with Crippen LogP contribution in [0.15, 0.2) is 12.7 Å². The zero-order chi connectivity index (χ0) is 11.7. The quantitative estimate of drug-likeness (QED) is 0.504. The summed E-state index contributed by atoms with van der Waals surface area (Å²) in [6.45, 7) is 5.87. The molecule has 0 aromatic carbocycles. The molecule has 0 aromatic rings. The van der Waals surface area contributed by atoms with Crippen LogP contribution >= 0.6 is 0 Å². The van der Waals surface area contributed by atoms with Gasteiger partial charge < -0.3 is 5.32 Å². The van der Waals surface area contributed by atoms with Crippen LogP contribution in [0.25, 0.3) is 0 Å². The predicted molar refractivity (Wildman–Crippen MR) is 56.8 cm³/mol. The van der Waals surface area contributed by atoms with Gasteiger partial charge in [-0.25, -0.2) is 0 Å². The molecular formula is C11H16N2O2. The molecule has 0 bridgehead atoms. The maximum absolute atomic E-state index is 11.4. The van der Waals surface area contributed by atoms with Gasteiger partial charge in [0.15, 0.2) is 11.7 Å². The van der Waals surface area contributed by atoms with Gasteiger partial charge in [0.1, 0.15) is 0 Å². The van der Waals surface area contributed by atoms with Gasteiger partial charge in [0, 0.05) is 13.0 Å². The molecule has 0 aliphatic carbocycles. The van der Waals surface area contributed by atoms with Gasteiger partial charge in [0.05, 0.1) is 6.07 Å². The van der Waals surface area contributed by atoms with Gasteiger partial charge in [-0.1, -0.05) is 13.0 Å². The van der Waals surface area contributed by atoms with E-state index in [1.807, 2.05) is 6.92 Å². The molecule has 0 fully saturated rings. The summed E-state index contributed by atoms with van der Waals surface area (Å²) in [7, 11) is 0. The number of allylic oxidation sites excluding steroid dienone is 1. The summed E-state index contributed by atoms with van der Waals surface area (Å²) >= 11 is 0. The van der Waals surface area contributed by atoms with E-state index in [0.717, 1.165) is 6.42 Å². The third-order valence-corrected chi connectivity index (χ3v) is 1.86. The van der Waals surface area contributed by atoms with E-state index in [9.17, 15) is 9.59 Å². The number of hydrogen-bond donors (Lipinski definition) is 1. The highest BCUT2D eigenvalue weighted by atomic mass is 16.2. The Morgan fingerprint density at radius 3 is 2.73 bits per heavy atom. The van der Waals surface area contributed by atoms with Gasteiger partial charge >= 0.3 is 0 Å². The number of nitriles is 1. The average Bonchev–Trinajstić information content (AvgIpc) is 2.24. The standard InChI is InChI=1S/C11H16N2O2/c1-3-5-6-10(14)9(8-12)11(15)13-7-4-2/h3,9H,1,4-7H2,2H3,(H,13,15). The van der Waals surface area contributed by atoms with E-state index in [2.05, 4.69) is 11.9 Å². The van der Waals surface area contributed by atoms with Crippen molar-refractivity contribution in [2.75, 3.05) is 6.54 Å². The minimum atomic E-state index is -1.17. The van der Waals surface area contributed by atoms with Crippen molar-refractivity contribution in [3.63, 3.8) is 0 Å². The van der Waals surface area contributed by atoms with E-state index in [1.165, 1.54) is 0 Å². The molecular weight excluding hydrogens is 192 g/mol. The molecule has 82 valence electrons. The van der Waals surface area contributed by atoms with Gasteiger partial charge in [0.25, 0.3) is 0 Å². The Hall–Kier alpha value is -1.63. The zero-order valence-electron chi connectivity index (χ0n) is 8.95. The summed E-state index contributed by atoms with van der Waals surface area (Å²) in [5, 5.41) is 11.2. The zero-order valence-corrected chi connectivity index (χ0v) is 8.95. The second kappa shape index (κ2) is 7.74. The number of nitrogens with zero attached hydrogens (tertiary/aromatic N) is 1. The summed E-state index contributed by atoms with van der Waals surface area (Å²) in [6.07, 6.45) is 3.07. The third kappa shape index (κ3) is 4.96. The average molecular weight is 208 g/mol. The molecule has 0 rings (SSSR count). The van der Waals surface area contributed by atoms with E-state index in [0.29, 0.717) is 13.0 Å². The molecule has 0 saturated carbocycles. The molecule has 0 radical (unpaired) electrons. The van der Waals surface area contributed by atoms with Crippen molar-refractivity contribution in [2.45, 2.75) is 26.2 Å². The molecule has 1 amide bonds. The molecule has 0 heterocycles. The van der Waals surface area contributed by atoms with E-state index in [4.69, 9.17) is 5.26 Å². The van der Waals surface area contributed by atoms with Crippen LogP contribution in [0.1, 0.15) is 26.2 Å². The lowest BCUT2D eigenvalue weighted by Crippen LogP contribution is -2.34. The van der Waals surface area contributed by atoms with E-state index in [-0.39, 0.29) is 12.2 Å². The highest BCUT2D eigenvalue weighted by Crippen LogP contribution is 2.03. The molecule has 0 aliphatic heterocycles. The van der Waals surface area contributed by atoms with Crippen LogP contribution in [0.5, 0.6) is 0 Å². The summed E-state index contributed by atoms with van der Waals surface area (Å²) in [4.78, 5) is 22.8. The van der Waals surface area contributed by atoms with Crippen LogP contribution in [0.3, 0.4) is 0 Å². The number of ketones is 1. The molecule has 15 heavy (non-hydrogen) atoms. The first-order chi connectivity index (χ1) is 7.17. The van der Waals surface area contributed by atoms with E-state index < -0.39 is 11.8 Å². The highest BCUT2D eigenvalue weighted by Gasteiger charge is 2.24. The Kier molecular flexibility index (Phi) is 6.90. The molecule has 1 atom stereocenters. The van der Waals surface area contributed by atoms with Crippen molar-refractivity contribution in [3.05, 3.63) is 12.7 Å². The number of carbonyl (C=O) groups excluding carboxylic acids is 2. The summed E-state index contributed by atoms with van der Waals surface area (Å²) in [6, 6.07) is 1.72. The maximum atomic E-state index is 11.4. The first-order valence-corrected chi connectivity index (χ1v) is 4.98. The topological polar surface area (TPSA) is 70.0 Å². The van der Waals surface area contributed by atoms with Crippen molar-refractivity contribution >= 4 is 11.7 Å². The first-order valence-electron chi connectivity index (χ1n) is 4.98. The molecule has 1 unspecified atom stereocenters. The summed E-state index contributed by atoms with van der Waals surface area (Å²) < 4.78 is 0. The molecule has 4 heteroatoms. The second-order valence-corrected chi connectivity index (χ2v) is 3.15. The van der Waals surface area contributed by atoms with Gasteiger partial charge in [-0.15, -0.1) is 6.58 Å². The summed E-state index contributed by atoms with van der Waals surface area (Å²) in [5.41, 5.74) is 0. The fraction of sp³-hybridized carbons (Fsp3) is 0.545. The molecule has 4 nitrogen and oxygen atoms in total. The van der Waals surface area contributed by atoms with Gasteiger partial charge in [-0.2, -0.15) is 5.26 Å². The van der Waals surface area contributed by atoms with Crippen molar-refractivity contribution in [1.82, 2.24) is 5.32 Å². The number of rotatable bonds is 7. The Bertz CT molecular complexity index is 279. The van der Waals surface area contributed by atoms with Crippen LogP contribution < -0.4 is 5.32 Å². The molecule has 0 aliphatic rings. The minimum absolute atomic E-state index is 0.196. The molecule has 0 aromatic heterocycles. The monoisotopic (exact) mass is 208 g/mol. The van der Waals surface area contributed by atoms with Gasteiger partial charge in [-0.3, -0.25) is 9.59 Å². The van der Waals surface area contributed by atoms with E-state index in [1.54, 1.807) is 12.1 Å². The number of nitrogens with one attached hydrogen (secondary N) is 1. The third-order valence-electron chi connectivity index (χ3n) is 1.86. The lowest BCUT2D eigenvalue weighted by molar-refractivity contribution is -0.131. The lowest BCUT2D eigenvalue weighted by Gasteiger charge is -2.07. The highest BCUT2D eigenvalue weighted by molar-refractivity contribution is 6.03. The van der Waals surface area contributed by atoms with Crippen LogP contribution in [-0.4, -0.2) is 18.2 Å². The fourth-order valence-electron chi connectivity index (χ4n) is 1.02. The van der Waals surface area contributed by atoms with Crippen LogP contribution in [-0.2, 0) is 9.59 Å². The van der Waals surface area contributed by atoms with Crippen molar-refractivity contribution < 1.29 is 9.59 Å². The Morgan fingerprint density at radius 2 is 2.27 bits per heavy atom. The van der Waals surface area contributed by atoms with Crippen LogP contribution in [0.2, 0.25) is 0 Å². The Labute approximate surface area is 90.0 Å². The minimum Gasteiger partial charge on any atom is -0.355 e. The smallest absolute Gasteiger partial charge is 0.244 e. The summed E-state index contributed by atoms with van der Waals surface area (Å²) in [5.74, 6) is -2.00. The van der Waals surface area contributed by atoms with Crippen molar-refractivity contribution in [3.8, 4) is 6.07 Å². The SMILES string of the molecule is C=CCCC(=O)C(C#N)C(=O)NCCC. The normalized spacial score (nSPS) is 11.2. The van der Waals surface area contributed by atoms with Crippen LogP contribution in [0, 0.1) is 17.2 Å². The van der Waals surface area contributed by atoms with Crippen LogP contribution in [0.4, 0.5) is 0 Å². The molecule has 0 saturated heterocycles. The molecule has 0 spiro atoms. The van der Waals surface area contributed by atoms with Crippen molar-refractivity contribution in [2.24, 2.45) is 5.92 Å².